The van der Waals surface area contributed by atoms with Crippen molar-refractivity contribution in [2.75, 3.05) is 0 Å². The zero-order chi connectivity index (χ0) is 37.0. The van der Waals surface area contributed by atoms with Crippen LogP contribution in [-0.4, -0.2) is 9.13 Å². The van der Waals surface area contributed by atoms with Crippen LogP contribution in [0.15, 0.2) is 194 Å². The highest BCUT2D eigenvalue weighted by Gasteiger charge is 2.14. The molecule has 0 spiro atoms. The van der Waals surface area contributed by atoms with Gasteiger partial charge in [0.25, 0.3) is 0 Å². The average molecular weight is 713 g/mol. The number of benzene rings is 9. The molecule has 2 aromatic heterocycles. The van der Waals surface area contributed by atoms with E-state index in [1.807, 2.05) is 0 Å². The standard InChI is InChI=1S/C54H36N2/c1-2-14-42-41(13-1)45(35-29-37-25-31-39(32-26-37)55-51-21-9-5-17-47(51)48-18-6-10-22-52(48)55)43-15-3-4-16-44(43)46(42)36-30-38-27-33-40(34-28-38)56-53-23-11-7-19-49(53)50-20-8-12-24-54(50)56/h1-36H. The van der Waals surface area contributed by atoms with E-state index in [1.165, 1.54) is 76.3 Å². The summed E-state index contributed by atoms with van der Waals surface area (Å²) >= 11 is 0. The predicted molar refractivity (Wildman–Crippen MR) is 241 cm³/mol. The number of para-hydroxylation sites is 4. The maximum Gasteiger partial charge on any atom is 0.0541 e. The maximum absolute atomic E-state index is 2.37. The van der Waals surface area contributed by atoms with Gasteiger partial charge in [0.2, 0.25) is 0 Å². The largest absolute Gasteiger partial charge is 0.309 e. The van der Waals surface area contributed by atoms with Crippen molar-refractivity contribution in [1.82, 2.24) is 9.13 Å². The topological polar surface area (TPSA) is 9.86 Å². The first-order valence-corrected chi connectivity index (χ1v) is 19.3. The van der Waals surface area contributed by atoms with E-state index in [9.17, 15) is 0 Å². The first-order valence-electron chi connectivity index (χ1n) is 19.3. The quantitative estimate of drug-likeness (QED) is 0.120. The highest BCUT2D eigenvalue weighted by molar-refractivity contribution is 6.15. The van der Waals surface area contributed by atoms with Crippen LogP contribution in [0.2, 0.25) is 0 Å². The molecule has 0 radical (unpaired) electrons. The van der Waals surface area contributed by atoms with Crippen LogP contribution >= 0.6 is 0 Å². The third-order valence-electron chi connectivity index (χ3n) is 11.4. The van der Waals surface area contributed by atoms with Gasteiger partial charge in [-0.3, -0.25) is 0 Å². The van der Waals surface area contributed by atoms with Gasteiger partial charge in [0.1, 0.15) is 0 Å². The Morgan fingerprint density at radius 3 is 0.768 bits per heavy atom. The van der Waals surface area contributed by atoms with Gasteiger partial charge in [-0.25, -0.2) is 0 Å². The fourth-order valence-corrected chi connectivity index (χ4v) is 8.78. The molecule has 0 aliphatic heterocycles. The number of nitrogens with zero attached hydrogens (tertiary/aromatic N) is 2. The van der Waals surface area contributed by atoms with Gasteiger partial charge in [0.15, 0.2) is 0 Å². The molecule has 0 aliphatic carbocycles. The molecule has 2 nitrogen and oxygen atoms in total. The summed E-state index contributed by atoms with van der Waals surface area (Å²) in [6, 6.07) is 70.1. The van der Waals surface area contributed by atoms with Crippen molar-refractivity contribution < 1.29 is 0 Å². The minimum atomic E-state index is 1.16. The summed E-state index contributed by atoms with van der Waals surface area (Å²) in [5.74, 6) is 0. The third kappa shape index (κ3) is 5.19. The molecule has 0 N–H and O–H groups in total. The van der Waals surface area contributed by atoms with Crippen LogP contribution in [0.5, 0.6) is 0 Å². The Morgan fingerprint density at radius 1 is 0.232 bits per heavy atom. The van der Waals surface area contributed by atoms with Crippen LogP contribution in [0.25, 0.3) is 101 Å². The fourth-order valence-electron chi connectivity index (χ4n) is 8.78. The van der Waals surface area contributed by atoms with Crippen LogP contribution in [0, 0.1) is 0 Å². The minimum absolute atomic E-state index is 1.16. The van der Waals surface area contributed by atoms with Gasteiger partial charge in [-0.15, -0.1) is 0 Å². The minimum Gasteiger partial charge on any atom is -0.309 e. The second-order valence-electron chi connectivity index (χ2n) is 14.5. The summed E-state index contributed by atoms with van der Waals surface area (Å²) in [6.07, 6.45) is 9.08. The number of aromatic nitrogens is 2. The highest BCUT2D eigenvalue weighted by atomic mass is 15.0. The molecule has 0 bridgehead atoms. The van der Waals surface area contributed by atoms with Crippen LogP contribution in [0.3, 0.4) is 0 Å². The molecule has 0 saturated heterocycles. The zero-order valence-electron chi connectivity index (χ0n) is 30.7. The first kappa shape index (κ1) is 32.0. The summed E-state index contributed by atoms with van der Waals surface area (Å²) in [5.41, 5.74) is 12.0. The van der Waals surface area contributed by atoms with E-state index < -0.39 is 0 Å². The normalized spacial score (nSPS) is 12.1. The van der Waals surface area contributed by atoms with Crippen molar-refractivity contribution in [2.24, 2.45) is 0 Å². The van der Waals surface area contributed by atoms with Gasteiger partial charge in [-0.1, -0.05) is 170 Å². The smallest absolute Gasteiger partial charge is 0.0541 e. The molecule has 2 heterocycles. The van der Waals surface area contributed by atoms with E-state index in [0.29, 0.717) is 0 Å². The molecular formula is C54H36N2. The lowest BCUT2D eigenvalue weighted by atomic mass is 9.91. The number of hydrogen-bond donors (Lipinski definition) is 0. The molecule has 0 aliphatic rings. The van der Waals surface area contributed by atoms with Gasteiger partial charge in [-0.05, 0) is 92.3 Å². The Kier molecular flexibility index (Phi) is 7.53. The van der Waals surface area contributed by atoms with Gasteiger partial charge in [0.05, 0.1) is 22.1 Å². The van der Waals surface area contributed by atoms with Gasteiger partial charge < -0.3 is 9.13 Å². The van der Waals surface area contributed by atoms with Crippen molar-refractivity contribution in [2.45, 2.75) is 0 Å². The van der Waals surface area contributed by atoms with Crippen LogP contribution < -0.4 is 0 Å². The lowest BCUT2D eigenvalue weighted by Crippen LogP contribution is -1.93. The maximum atomic E-state index is 2.37. The molecule has 0 saturated carbocycles. The van der Waals surface area contributed by atoms with Crippen LogP contribution in [-0.2, 0) is 0 Å². The Hall–Kier alpha value is -7.42. The Labute approximate surface area is 325 Å². The number of hydrogen-bond acceptors (Lipinski definition) is 0. The Morgan fingerprint density at radius 2 is 0.482 bits per heavy atom. The second kappa shape index (κ2) is 13.2. The molecule has 11 aromatic rings. The Bertz CT molecular complexity index is 2950. The summed E-state index contributed by atoms with van der Waals surface area (Å²) < 4.78 is 4.73. The molecule has 9 aromatic carbocycles. The lowest BCUT2D eigenvalue weighted by Gasteiger charge is -2.13. The monoisotopic (exact) mass is 712 g/mol. The summed E-state index contributed by atoms with van der Waals surface area (Å²) in [4.78, 5) is 0. The molecule has 0 unspecified atom stereocenters. The highest BCUT2D eigenvalue weighted by Crippen LogP contribution is 2.37. The zero-order valence-corrected chi connectivity index (χ0v) is 30.7. The van der Waals surface area contributed by atoms with E-state index >= 15 is 0 Å². The molecule has 262 valence electrons. The fraction of sp³-hybridized carbons (Fsp3) is 0. The van der Waals surface area contributed by atoms with E-state index in [2.05, 4.69) is 228 Å². The SMILES string of the molecule is C(=Cc1c2ccccc2c(C=Cc2ccc(-n3c4ccccc4c4ccccc43)cc2)c2ccccc12)c1ccc(-n2c3ccccc3c3ccccc32)cc1. The molecule has 0 fully saturated rings. The van der Waals surface area contributed by atoms with Gasteiger partial charge in [0, 0.05) is 32.9 Å². The summed E-state index contributed by atoms with van der Waals surface area (Å²) in [5, 5.41) is 10.1. The number of fused-ring (bicyclic) bond motifs is 8. The molecule has 0 atom stereocenters. The average Bonchev–Trinajstić information content (AvgIpc) is 3.78. The number of rotatable bonds is 6. The van der Waals surface area contributed by atoms with Crippen molar-refractivity contribution in [3.05, 3.63) is 216 Å². The van der Waals surface area contributed by atoms with E-state index in [4.69, 9.17) is 0 Å². The van der Waals surface area contributed by atoms with Crippen LogP contribution in [0.4, 0.5) is 0 Å². The summed E-state index contributed by atoms with van der Waals surface area (Å²) in [7, 11) is 0. The van der Waals surface area contributed by atoms with E-state index in [-0.39, 0.29) is 0 Å². The van der Waals surface area contributed by atoms with Gasteiger partial charge in [-0.2, -0.15) is 0 Å². The molecule has 11 rings (SSSR count). The van der Waals surface area contributed by atoms with Gasteiger partial charge >= 0.3 is 0 Å². The molecule has 2 heteroatoms. The van der Waals surface area contributed by atoms with Crippen molar-refractivity contribution in [3.63, 3.8) is 0 Å². The van der Waals surface area contributed by atoms with E-state index in [1.54, 1.807) is 0 Å². The molecule has 0 amide bonds. The Balaban J connectivity index is 0.943. The lowest BCUT2D eigenvalue weighted by molar-refractivity contribution is 1.18. The molecular weight excluding hydrogens is 677 g/mol. The van der Waals surface area contributed by atoms with Crippen molar-refractivity contribution >= 4 is 89.5 Å². The van der Waals surface area contributed by atoms with Crippen molar-refractivity contribution in [1.29, 1.82) is 0 Å². The first-order chi connectivity index (χ1) is 27.8. The second-order valence-corrected chi connectivity index (χ2v) is 14.5. The van der Waals surface area contributed by atoms with Crippen molar-refractivity contribution in [3.8, 4) is 11.4 Å². The van der Waals surface area contributed by atoms with Crippen LogP contribution in [0.1, 0.15) is 22.3 Å². The predicted octanol–water partition coefficient (Wildman–Crippen LogP) is 14.5. The van der Waals surface area contributed by atoms with E-state index in [0.717, 1.165) is 22.5 Å². The third-order valence-corrected chi connectivity index (χ3v) is 11.4. The molecule has 56 heavy (non-hydrogen) atoms. The summed E-state index contributed by atoms with van der Waals surface area (Å²) in [6.45, 7) is 0.